The van der Waals surface area contributed by atoms with Crippen molar-refractivity contribution >= 4 is 23.2 Å². The molecule has 1 saturated heterocycles. The maximum Gasteiger partial charge on any atom is 0.255 e. The summed E-state index contributed by atoms with van der Waals surface area (Å²) in [4.78, 5) is 26.4. The van der Waals surface area contributed by atoms with Crippen molar-refractivity contribution in [2.75, 3.05) is 30.5 Å². The number of methoxy groups -OCH3 is 1. The van der Waals surface area contributed by atoms with E-state index in [0.717, 1.165) is 24.3 Å². The molecule has 1 heterocycles. The molecule has 0 aliphatic carbocycles. The Labute approximate surface area is 159 Å². The number of carbonyl (C=O) groups excluding carboxylic acids is 2. The fraction of sp³-hybridized carbons (Fsp3) is 0.333. The number of rotatable bonds is 6. The molecular formula is C21H24N2O4. The van der Waals surface area contributed by atoms with Gasteiger partial charge in [-0.15, -0.1) is 0 Å². The van der Waals surface area contributed by atoms with E-state index in [1.54, 1.807) is 48.4 Å². The largest absolute Gasteiger partial charge is 0.494 e. The second kappa shape index (κ2) is 8.58. The summed E-state index contributed by atoms with van der Waals surface area (Å²) in [5.41, 5.74) is 1.88. The summed E-state index contributed by atoms with van der Waals surface area (Å²) in [6, 6.07) is 12.3. The Morgan fingerprint density at radius 1 is 1.15 bits per heavy atom. The number of nitrogens with one attached hydrogen (secondary N) is 1. The second-order valence-corrected chi connectivity index (χ2v) is 6.30. The number of ether oxygens (including phenoxy) is 2. The topological polar surface area (TPSA) is 67.9 Å². The Morgan fingerprint density at radius 2 is 1.93 bits per heavy atom. The van der Waals surface area contributed by atoms with Crippen LogP contribution in [0.5, 0.6) is 11.5 Å². The number of amides is 2. The number of carbonyl (C=O) groups is 2. The molecule has 6 nitrogen and oxygen atoms in total. The highest BCUT2D eigenvalue weighted by Gasteiger charge is 2.22. The summed E-state index contributed by atoms with van der Waals surface area (Å²) < 4.78 is 10.8. The van der Waals surface area contributed by atoms with Gasteiger partial charge in [0.1, 0.15) is 11.5 Å². The highest BCUT2D eigenvalue weighted by Crippen LogP contribution is 2.33. The molecule has 2 aromatic carbocycles. The van der Waals surface area contributed by atoms with E-state index < -0.39 is 0 Å². The quantitative estimate of drug-likeness (QED) is 0.841. The van der Waals surface area contributed by atoms with Crippen molar-refractivity contribution in [3.63, 3.8) is 0 Å². The first-order valence-corrected chi connectivity index (χ1v) is 9.15. The molecule has 27 heavy (non-hydrogen) atoms. The van der Waals surface area contributed by atoms with Crippen molar-refractivity contribution in [2.24, 2.45) is 0 Å². The minimum atomic E-state index is -0.220. The first kappa shape index (κ1) is 18.8. The summed E-state index contributed by atoms with van der Waals surface area (Å²) in [5.74, 6) is 1.17. The second-order valence-electron chi connectivity index (χ2n) is 6.30. The van der Waals surface area contributed by atoms with Gasteiger partial charge in [0.15, 0.2) is 0 Å². The minimum Gasteiger partial charge on any atom is -0.494 e. The zero-order valence-corrected chi connectivity index (χ0v) is 15.7. The Kier molecular flexibility index (Phi) is 5.96. The van der Waals surface area contributed by atoms with Gasteiger partial charge >= 0.3 is 0 Å². The molecule has 3 rings (SSSR count). The third-order valence-corrected chi connectivity index (χ3v) is 4.48. The SMILES string of the molecule is CCOc1ccc(C(=O)Nc2ccc(N3CCCCC3=O)c(OC)c2)cc1. The van der Waals surface area contributed by atoms with Gasteiger partial charge in [-0.3, -0.25) is 9.59 Å². The normalized spacial score (nSPS) is 14.0. The Balaban J connectivity index is 1.75. The van der Waals surface area contributed by atoms with E-state index in [9.17, 15) is 9.59 Å². The van der Waals surface area contributed by atoms with Crippen LogP contribution in [-0.4, -0.2) is 32.1 Å². The third-order valence-electron chi connectivity index (χ3n) is 4.48. The zero-order valence-electron chi connectivity index (χ0n) is 15.7. The Hall–Kier alpha value is -3.02. The van der Waals surface area contributed by atoms with Crippen LogP contribution >= 0.6 is 0 Å². The maximum atomic E-state index is 12.5. The molecule has 0 bridgehead atoms. The molecule has 1 aliphatic heterocycles. The molecule has 0 aromatic heterocycles. The lowest BCUT2D eigenvalue weighted by Crippen LogP contribution is -2.35. The molecule has 0 saturated carbocycles. The fourth-order valence-corrected chi connectivity index (χ4v) is 3.11. The van der Waals surface area contributed by atoms with Gasteiger partial charge in [-0.05, 0) is 56.2 Å². The summed E-state index contributed by atoms with van der Waals surface area (Å²) in [6.45, 7) is 3.18. The summed E-state index contributed by atoms with van der Waals surface area (Å²) in [6.07, 6.45) is 2.46. The minimum absolute atomic E-state index is 0.103. The van der Waals surface area contributed by atoms with Crippen LogP contribution in [0.1, 0.15) is 36.5 Å². The molecule has 0 radical (unpaired) electrons. The van der Waals surface area contributed by atoms with Crippen LogP contribution in [0, 0.1) is 0 Å². The van der Waals surface area contributed by atoms with E-state index in [4.69, 9.17) is 9.47 Å². The molecule has 142 valence electrons. The van der Waals surface area contributed by atoms with Gasteiger partial charge in [0.05, 0.1) is 19.4 Å². The van der Waals surface area contributed by atoms with Crippen LogP contribution in [0.3, 0.4) is 0 Å². The lowest BCUT2D eigenvalue weighted by Gasteiger charge is -2.28. The van der Waals surface area contributed by atoms with Crippen LogP contribution in [0.15, 0.2) is 42.5 Å². The molecule has 6 heteroatoms. The summed E-state index contributed by atoms with van der Waals surface area (Å²) in [7, 11) is 1.56. The summed E-state index contributed by atoms with van der Waals surface area (Å²) >= 11 is 0. The first-order chi connectivity index (χ1) is 13.1. The molecule has 1 fully saturated rings. The predicted octanol–water partition coefficient (Wildman–Crippen LogP) is 3.86. The molecule has 2 amide bonds. The van der Waals surface area contributed by atoms with Crippen molar-refractivity contribution in [3.05, 3.63) is 48.0 Å². The first-order valence-electron chi connectivity index (χ1n) is 9.15. The molecule has 1 N–H and O–H groups in total. The number of anilines is 2. The average Bonchev–Trinajstić information content (AvgIpc) is 2.69. The van der Waals surface area contributed by atoms with Crippen molar-refractivity contribution in [1.29, 1.82) is 0 Å². The van der Waals surface area contributed by atoms with E-state index in [1.807, 2.05) is 13.0 Å². The van der Waals surface area contributed by atoms with Crippen LogP contribution in [0.25, 0.3) is 0 Å². The number of hydrogen-bond donors (Lipinski definition) is 1. The van der Waals surface area contributed by atoms with E-state index in [1.165, 1.54) is 0 Å². The maximum absolute atomic E-state index is 12.5. The predicted molar refractivity (Wildman–Crippen MR) is 105 cm³/mol. The lowest BCUT2D eigenvalue weighted by atomic mass is 10.1. The van der Waals surface area contributed by atoms with E-state index in [2.05, 4.69) is 5.32 Å². The Bertz CT molecular complexity index is 817. The monoisotopic (exact) mass is 368 g/mol. The van der Waals surface area contributed by atoms with E-state index >= 15 is 0 Å². The molecule has 2 aromatic rings. The third kappa shape index (κ3) is 4.39. The average molecular weight is 368 g/mol. The van der Waals surface area contributed by atoms with Crippen LogP contribution in [0.4, 0.5) is 11.4 Å². The molecule has 0 spiro atoms. The van der Waals surface area contributed by atoms with Gasteiger partial charge in [-0.1, -0.05) is 0 Å². The number of nitrogens with zero attached hydrogens (tertiary/aromatic N) is 1. The van der Waals surface area contributed by atoms with Gasteiger partial charge in [-0.25, -0.2) is 0 Å². The van der Waals surface area contributed by atoms with Crippen LogP contribution < -0.4 is 19.7 Å². The van der Waals surface area contributed by atoms with Gasteiger partial charge in [-0.2, -0.15) is 0 Å². The van der Waals surface area contributed by atoms with E-state index in [0.29, 0.717) is 36.6 Å². The molecule has 1 aliphatic rings. The van der Waals surface area contributed by atoms with E-state index in [-0.39, 0.29) is 11.8 Å². The fourth-order valence-electron chi connectivity index (χ4n) is 3.11. The molecule has 0 atom stereocenters. The van der Waals surface area contributed by atoms with Crippen molar-refractivity contribution in [3.8, 4) is 11.5 Å². The Morgan fingerprint density at radius 3 is 2.59 bits per heavy atom. The molecular weight excluding hydrogens is 344 g/mol. The van der Waals surface area contributed by atoms with Gasteiger partial charge in [0, 0.05) is 30.3 Å². The zero-order chi connectivity index (χ0) is 19.2. The molecule has 0 unspecified atom stereocenters. The number of benzene rings is 2. The standard InChI is InChI=1S/C21H24N2O4/c1-3-27-17-10-7-15(8-11-17)21(25)22-16-9-12-18(19(14-16)26-2)23-13-5-4-6-20(23)24/h7-12,14H,3-6,13H2,1-2H3,(H,22,25). The smallest absolute Gasteiger partial charge is 0.255 e. The van der Waals surface area contributed by atoms with Crippen molar-refractivity contribution in [2.45, 2.75) is 26.2 Å². The number of hydrogen-bond acceptors (Lipinski definition) is 4. The highest BCUT2D eigenvalue weighted by molar-refractivity contribution is 6.04. The number of piperidine rings is 1. The van der Waals surface area contributed by atoms with Crippen molar-refractivity contribution in [1.82, 2.24) is 0 Å². The highest BCUT2D eigenvalue weighted by atomic mass is 16.5. The van der Waals surface area contributed by atoms with Gasteiger partial charge in [0.2, 0.25) is 5.91 Å². The van der Waals surface area contributed by atoms with Gasteiger partial charge in [0.25, 0.3) is 5.91 Å². The lowest BCUT2D eigenvalue weighted by molar-refractivity contribution is -0.119. The van der Waals surface area contributed by atoms with Crippen LogP contribution in [-0.2, 0) is 4.79 Å². The van der Waals surface area contributed by atoms with Crippen LogP contribution in [0.2, 0.25) is 0 Å². The van der Waals surface area contributed by atoms with Gasteiger partial charge < -0.3 is 19.7 Å². The van der Waals surface area contributed by atoms with Crippen molar-refractivity contribution < 1.29 is 19.1 Å². The summed E-state index contributed by atoms with van der Waals surface area (Å²) in [5, 5.41) is 2.86.